The maximum Gasteiger partial charge on any atom is 0.326 e. The number of para-hydroxylation sites is 1. The fourth-order valence-corrected chi connectivity index (χ4v) is 2.58. The molecule has 1 atom stereocenters. The van der Waals surface area contributed by atoms with Crippen molar-refractivity contribution in [3.63, 3.8) is 0 Å². The van der Waals surface area contributed by atoms with Crippen LogP contribution in [0.2, 0.25) is 0 Å². The van der Waals surface area contributed by atoms with Crippen molar-refractivity contribution in [2.24, 2.45) is 0 Å². The van der Waals surface area contributed by atoms with Gasteiger partial charge in [0.1, 0.15) is 17.2 Å². The Bertz CT molecular complexity index is 865. The fraction of sp³-hybridized carbons (Fsp3) is 0.176. The molecule has 2 aromatic carbocycles. The van der Waals surface area contributed by atoms with Gasteiger partial charge in [0.2, 0.25) is 5.91 Å². The molecule has 22 heavy (non-hydrogen) atoms. The molecule has 2 N–H and O–H groups in total. The fourth-order valence-electron chi connectivity index (χ4n) is 2.58. The first-order valence-corrected chi connectivity index (χ1v) is 6.94. The molecule has 3 rings (SSSR count). The van der Waals surface area contributed by atoms with Gasteiger partial charge in [0.15, 0.2) is 0 Å². The Morgan fingerprint density at radius 2 is 1.86 bits per heavy atom. The Morgan fingerprint density at radius 3 is 2.59 bits per heavy atom. The molecule has 0 saturated carbocycles. The van der Waals surface area contributed by atoms with Crippen molar-refractivity contribution < 1.29 is 19.1 Å². The van der Waals surface area contributed by atoms with Gasteiger partial charge >= 0.3 is 5.97 Å². The summed E-state index contributed by atoms with van der Waals surface area (Å²) in [6, 6.07) is 12.4. The van der Waals surface area contributed by atoms with E-state index >= 15 is 0 Å². The minimum Gasteiger partial charge on any atom is -0.480 e. The molecule has 0 spiro atoms. The van der Waals surface area contributed by atoms with Gasteiger partial charge in [-0.25, -0.2) is 4.79 Å². The van der Waals surface area contributed by atoms with Crippen LogP contribution in [0.15, 0.2) is 46.9 Å². The molecule has 0 aliphatic carbocycles. The van der Waals surface area contributed by atoms with Crippen LogP contribution in [0.4, 0.5) is 0 Å². The van der Waals surface area contributed by atoms with Crippen LogP contribution in [0.25, 0.3) is 21.9 Å². The molecule has 1 heterocycles. The maximum atomic E-state index is 11.2. The smallest absolute Gasteiger partial charge is 0.326 e. The van der Waals surface area contributed by atoms with Gasteiger partial charge in [-0.15, -0.1) is 0 Å². The van der Waals surface area contributed by atoms with Crippen LogP contribution < -0.4 is 5.32 Å². The lowest BCUT2D eigenvalue weighted by atomic mass is 10.0. The van der Waals surface area contributed by atoms with Crippen molar-refractivity contribution in [2.45, 2.75) is 19.4 Å². The molecule has 1 aromatic heterocycles. The lowest BCUT2D eigenvalue weighted by Gasteiger charge is -2.13. The Kier molecular flexibility index (Phi) is 3.55. The van der Waals surface area contributed by atoms with Gasteiger partial charge < -0.3 is 14.8 Å². The molecule has 0 fully saturated rings. The van der Waals surface area contributed by atoms with Gasteiger partial charge in [0, 0.05) is 24.1 Å². The number of carbonyl (C=O) groups excluding carboxylic acids is 1. The first-order chi connectivity index (χ1) is 10.5. The molecule has 5 nitrogen and oxygen atoms in total. The molecule has 0 aliphatic rings. The lowest BCUT2D eigenvalue weighted by Crippen LogP contribution is -2.41. The van der Waals surface area contributed by atoms with Crippen LogP contribution in [0.5, 0.6) is 0 Å². The van der Waals surface area contributed by atoms with Gasteiger partial charge in [-0.3, -0.25) is 4.79 Å². The monoisotopic (exact) mass is 297 g/mol. The van der Waals surface area contributed by atoms with E-state index in [1.165, 1.54) is 6.92 Å². The molecule has 0 saturated heterocycles. The standard InChI is InChI=1S/C17H15NO4/c1-10(19)18-14(17(20)21)8-11-6-7-13-12-4-2-3-5-15(12)22-16(13)9-11/h2-7,9,14H,8H2,1H3,(H,18,19)(H,20,21)/t14-/m0/s1. The summed E-state index contributed by atoms with van der Waals surface area (Å²) in [5.74, 6) is -1.42. The predicted molar refractivity (Wildman–Crippen MR) is 82.7 cm³/mol. The van der Waals surface area contributed by atoms with Crippen LogP contribution >= 0.6 is 0 Å². The van der Waals surface area contributed by atoms with Crippen LogP contribution in [-0.2, 0) is 16.0 Å². The number of amides is 1. The van der Waals surface area contributed by atoms with E-state index in [4.69, 9.17) is 4.42 Å². The number of rotatable bonds is 4. The summed E-state index contributed by atoms with van der Waals surface area (Å²) in [6.07, 6.45) is 0.210. The van der Waals surface area contributed by atoms with Crippen LogP contribution in [0.1, 0.15) is 12.5 Å². The summed E-state index contributed by atoms with van der Waals surface area (Å²) in [4.78, 5) is 22.3. The Morgan fingerprint density at radius 1 is 1.14 bits per heavy atom. The minimum absolute atomic E-state index is 0.210. The van der Waals surface area contributed by atoms with Crippen molar-refractivity contribution in [1.29, 1.82) is 0 Å². The second-order valence-electron chi connectivity index (χ2n) is 5.22. The number of nitrogens with one attached hydrogen (secondary N) is 1. The van der Waals surface area contributed by atoms with E-state index in [2.05, 4.69) is 5.32 Å². The maximum absolute atomic E-state index is 11.2. The van der Waals surface area contributed by atoms with Crippen molar-refractivity contribution in [3.05, 3.63) is 48.0 Å². The highest BCUT2D eigenvalue weighted by Gasteiger charge is 2.19. The van der Waals surface area contributed by atoms with Gasteiger partial charge in [-0.05, 0) is 17.7 Å². The van der Waals surface area contributed by atoms with Gasteiger partial charge in [-0.2, -0.15) is 0 Å². The molecule has 5 heteroatoms. The molecule has 0 bridgehead atoms. The molecule has 112 valence electrons. The number of hydrogen-bond acceptors (Lipinski definition) is 3. The van der Waals surface area contributed by atoms with Crippen LogP contribution in [-0.4, -0.2) is 23.0 Å². The number of fused-ring (bicyclic) bond motifs is 3. The van der Waals surface area contributed by atoms with E-state index in [9.17, 15) is 14.7 Å². The van der Waals surface area contributed by atoms with Gasteiger partial charge in [0.05, 0.1) is 0 Å². The van der Waals surface area contributed by atoms with E-state index in [1.807, 2.05) is 42.5 Å². The Hall–Kier alpha value is -2.82. The molecular weight excluding hydrogens is 282 g/mol. The zero-order valence-corrected chi connectivity index (χ0v) is 12.0. The summed E-state index contributed by atoms with van der Waals surface area (Å²) in [6.45, 7) is 1.30. The first kappa shape index (κ1) is 14.1. The number of hydrogen-bond donors (Lipinski definition) is 2. The quantitative estimate of drug-likeness (QED) is 0.776. The number of benzene rings is 2. The molecule has 0 aliphatic heterocycles. The van der Waals surface area contributed by atoms with Crippen molar-refractivity contribution in [3.8, 4) is 0 Å². The highest BCUT2D eigenvalue weighted by atomic mass is 16.4. The molecule has 3 aromatic rings. The number of carboxylic acids is 1. The van der Waals surface area contributed by atoms with E-state index < -0.39 is 12.0 Å². The first-order valence-electron chi connectivity index (χ1n) is 6.94. The summed E-state index contributed by atoms with van der Waals surface area (Å²) in [7, 11) is 0. The Labute approximate surface area is 126 Å². The van der Waals surface area contributed by atoms with Crippen molar-refractivity contribution >= 4 is 33.8 Å². The summed E-state index contributed by atoms with van der Waals surface area (Å²) >= 11 is 0. The van der Waals surface area contributed by atoms with Crippen LogP contribution in [0.3, 0.4) is 0 Å². The van der Waals surface area contributed by atoms with Crippen molar-refractivity contribution in [2.75, 3.05) is 0 Å². The number of aliphatic carboxylic acids is 1. The number of carboxylic acid groups (broad SMARTS) is 1. The normalized spacial score (nSPS) is 12.4. The SMILES string of the molecule is CC(=O)N[C@@H](Cc1ccc2c(c1)oc1ccccc12)C(=O)O. The zero-order valence-electron chi connectivity index (χ0n) is 12.0. The van der Waals surface area contributed by atoms with Crippen molar-refractivity contribution in [1.82, 2.24) is 5.32 Å². The Balaban J connectivity index is 1.96. The van der Waals surface area contributed by atoms with Crippen LogP contribution in [0, 0.1) is 0 Å². The van der Waals surface area contributed by atoms with E-state index in [1.54, 1.807) is 0 Å². The minimum atomic E-state index is -1.06. The third kappa shape index (κ3) is 2.65. The number of furan rings is 1. The average Bonchev–Trinajstić information content (AvgIpc) is 2.83. The molecule has 1 amide bonds. The zero-order chi connectivity index (χ0) is 15.7. The van der Waals surface area contributed by atoms with E-state index in [0.717, 1.165) is 21.9 Å². The predicted octanol–water partition coefficient (Wildman–Crippen LogP) is 2.72. The third-order valence-electron chi connectivity index (χ3n) is 3.56. The topological polar surface area (TPSA) is 79.5 Å². The second kappa shape index (κ2) is 5.52. The second-order valence-corrected chi connectivity index (χ2v) is 5.22. The van der Waals surface area contributed by atoms with Gasteiger partial charge in [0.25, 0.3) is 0 Å². The largest absolute Gasteiger partial charge is 0.480 e. The highest BCUT2D eigenvalue weighted by molar-refractivity contribution is 6.04. The van der Waals surface area contributed by atoms with Gasteiger partial charge in [-0.1, -0.05) is 30.3 Å². The third-order valence-corrected chi connectivity index (χ3v) is 3.56. The molecule has 0 unspecified atom stereocenters. The number of carbonyl (C=O) groups is 2. The van der Waals surface area contributed by atoms with E-state index in [0.29, 0.717) is 5.58 Å². The van der Waals surface area contributed by atoms with E-state index in [-0.39, 0.29) is 12.3 Å². The molecule has 0 radical (unpaired) electrons. The summed E-state index contributed by atoms with van der Waals surface area (Å²) in [5.41, 5.74) is 2.31. The summed E-state index contributed by atoms with van der Waals surface area (Å²) < 4.78 is 5.78. The highest BCUT2D eigenvalue weighted by Crippen LogP contribution is 2.29. The average molecular weight is 297 g/mol. The summed E-state index contributed by atoms with van der Waals surface area (Å²) in [5, 5.41) is 13.6. The lowest BCUT2D eigenvalue weighted by molar-refractivity contribution is -0.141. The molecular formula is C17H15NO4.